The Kier molecular flexibility index (Phi) is 3.42. The number of furan rings is 1. The molecule has 7 nitrogen and oxygen atoms in total. The van der Waals surface area contributed by atoms with Crippen LogP contribution in [0.5, 0.6) is 0 Å². The first-order valence-electron chi connectivity index (χ1n) is 7.61. The normalized spacial score (nSPS) is 18.5. The average Bonchev–Trinajstić information content (AvgIpc) is 2.97. The van der Waals surface area contributed by atoms with Crippen LogP contribution in [0.1, 0.15) is 35.1 Å². The van der Waals surface area contributed by atoms with Crippen LogP contribution in [0.15, 0.2) is 29.0 Å². The van der Waals surface area contributed by atoms with E-state index in [0.29, 0.717) is 25.5 Å². The molecular formula is C15H18N4O3. The molecule has 0 atom stereocenters. The summed E-state index contributed by atoms with van der Waals surface area (Å²) >= 11 is 0. The van der Waals surface area contributed by atoms with Gasteiger partial charge in [0.1, 0.15) is 5.69 Å². The van der Waals surface area contributed by atoms with E-state index in [1.807, 2.05) is 10.9 Å². The molecular weight excluding hydrogens is 284 g/mol. The predicted molar refractivity (Wildman–Crippen MR) is 76.1 cm³/mol. The van der Waals surface area contributed by atoms with E-state index < -0.39 is 0 Å². The number of ether oxygens (including phenoxy) is 1. The molecule has 1 saturated heterocycles. The highest BCUT2D eigenvalue weighted by molar-refractivity contribution is 5.92. The van der Waals surface area contributed by atoms with Crippen molar-refractivity contribution in [2.24, 2.45) is 5.92 Å². The second kappa shape index (κ2) is 5.57. The quantitative estimate of drug-likeness (QED) is 0.808. The van der Waals surface area contributed by atoms with Crippen LogP contribution in [0.25, 0.3) is 0 Å². The fourth-order valence-electron chi connectivity index (χ4n) is 2.52. The van der Waals surface area contributed by atoms with Crippen LogP contribution in [-0.2, 0) is 11.3 Å². The molecule has 0 bridgehead atoms. The predicted octanol–water partition coefficient (Wildman–Crippen LogP) is 1.49. The minimum atomic E-state index is -0.0747. The van der Waals surface area contributed by atoms with Crippen LogP contribution in [0, 0.1) is 5.92 Å². The third kappa shape index (κ3) is 2.76. The number of rotatable bonds is 6. The standard InChI is InChI=1S/C15H18N4O3/c20-15(14-2-1-5-22-14)18-7-13(8-18)19-6-12(16-17-19)10-21-9-11-3-4-11/h1-2,5-6,11,13H,3-4,7-10H2. The summed E-state index contributed by atoms with van der Waals surface area (Å²) < 4.78 is 12.5. The van der Waals surface area contributed by atoms with E-state index in [1.54, 1.807) is 17.0 Å². The van der Waals surface area contributed by atoms with Crippen LogP contribution >= 0.6 is 0 Å². The molecule has 2 fully saturated rings. The van der Waals surface area contributed by atoms with Crippen molar-refractivity contribution in [2.75, 3.05) is 19.7 Å². The van der Waals surface area contributed by atoms with E-state index in [9.17, 15) is 4.79 Å². The maximum atomic E-state index is 12.0. The Morgan fingerprint density at radius 2 is 2.27 bits per heavy atom. The average molecular weight is 302 g/mol. The minimum Gasteiger partial charge on any atom is -0.459 e. The van der Waals surface area contributed by atoms with Gasteiger partial charge in [0.25, 0.3) is 5.91 Å². The van der Waals surface area contributed by atoms with Crippen molar-refractivity contribution in [3.8, 4) is 0 Å². The number of hydrogen-bond acceptors (Lipinski definition) is 5. The van der Waals surface area contributed by atoms with E-state index in [2.05, 4.69) is 10.3 Å². The van der Waals surface area contributed by atoms with E-state index >= 15 is 0 Å². The molecule has 0 spiro atoms. The highest BCUT2D eigenvalue weighted by Gasteiger charge is 2.34. The largest absolute Gasteiger partial charge is 0.459 e. The summed E-state index contributed by atoms with van der Waals surface area (Å²) in [5.74, 6) is 1.06. The number of carbonyl (C=O) groups is 1. The van der Waals surface area contributed by atoms with Crippen LogP contribution < -0.4 is 0 Å². The molecule has 0 N–H and O–H groups in total. The molecule has 4 rings (SSSR count). The van der Waals surface area contributed by atoms with E-state index in [1.165, 1.54) is 19.1 Å². The Hall–Kier alpha value is -2.15. The fourth-order valence-corrected chi connectivity index (χ4v) is 2.52. The van der Waals surface area contributed by atoms with E-state index in [4.69, 9.17) is 9.15 Å². The van der Waals surface area contributed by atoms with Gasteiger partial charge >= 0.3 is 0 Å². The summed E-state index contributed by atoms with van der Waals surface area (Å²) in [4.78, 5) is 13.8. The lowest BCUT2D eigenvalue weighted by Gasteiger charge is -2.38. The Bertz CT molecular complexity index is 642. The Morgan fingerprint density at radius 1 is 1.41 bits per heavy atom. The zero-order valence-corrected chi connectivity index (χ0v) is 12.2. The van der Waals surface area contributed by atoms with Gasteiger partial charge in [0.05, 0.1) is 25.1 Å². The van der Waals surface area contributed by atoms with Crippen molar-refractivity contribution < 1.29 is 13.9 Å². The van der Waals surface area contributed by atoms with Crippen LogP contribution in [0.2, 0.25) is 0 Å². The van der Waals surface area contributed by atoms with Crippen molar-refractivity contribution in [1.29, 1.82) is 0 Å². The first kappa shape index (κ1) is 13.5. The lowest BCUT2D eigenvalue weighted by molar-refractivity contribution is 0.0466. The minimum absolute atomic E-state index is 0.0747. The molecule has 0 aromatic carbocycles. The van der Waals surface area contributed by atoms with Gasteiger partial charge in [-0.15, -0.1) is 5.10 Å². The Labute approximate surface area is 127 Å². The van der Waals surface area contributed by atoms with Gasteiger partial charge in [-0.25, -0.2) is 4.68 Å². The van der Waals surface area contributed by atoms with Crippen molar-refractivity contribution in [1.82, 2.24) is 19.9 Å². The number of carbonyl (C=O) groups excluding carboxylic acids is 1. The Balaban J connectivity index is 1.27. The van der Waals surface area contributed by atoms with Gasteiger partial charge in [-0.05, 0) is 30.9 Å². The number of aromatic nitrogens is 3. The molecule has 2 aromatic rings. The lowest BCUT2D eigenvalue weighted by atomic mass is 10.1. The molecule has 0 radical (unpaired) electrons. The summed E-state index contributed by atoms with van der Waals surface area (Å²) in [6.45, 7) is 2.59. The smallest absolute Gasteiger partial charge is 0.289 e. The van der Waals surface area contributed by atoms with Crippen molar-refractivity contribution >= 4 is 5.91 Å². The van der Waals surface area contributed by atoms with Gasteiger partial charge in [0.15, 0.2) is 5.76 Å². The van der Waals surface area contributed by atoms with Gasteiger partial charge in [-0.3, -0.25) is 4.79 Å². The first-order valence-corrected chi connectivity index (χ1v) is 7.61. The topological polar surface area (TPSA) is 73.4 Å². The molecule has 1 aliphatic heterocycles. The lowest BCUT2D eigenvalue weighted by Crippen LogP contribution is -2.50. The monoisotopic (exact) mass is 302 g/mol. The molecule has 2 aliphatic rings. The molecule has 7 heteroatoms. The summed E-state index contributed by atoms with van der Waals surface area (Å²) in [7, 11) is 0. The Morgan fingerprint density at radius 3 is 3.00 bits per heavy atom. The van der Waals surface area contributed by atoms with Crippen LogP contribution in [0.4, 0.5) is 0 Å². The van der Waals surface area contributed by atoms with Gasteiger partial charge in [-0.1, -0.05) is 5.21 Å². The van der Waals surface area contributed by atoms with Crippen LogP contribution in [0.3, 0.4) is 0 Å². The number of likely N-dealkylation sites (tertiary alicyclic amines) is 1. The zero-order chi connectivity index (χ0) is 14.9. The van der Waals surface area contributed by atoms with E-state index in [0.717, 1.165) is 18.2 Å². The first-order chi connectivity index (χ1) is 10.8. The van der Waals surface area contributed by atoms with Gasteiger partial charge < -0.3 is 14.1 Å². The molecule has 2 aromatic heterocycles. The molecule has 0 unspecified atom stereocenters. The van der Waals surface area contributed by atoms with Crippen LogP contribution in [-0.4, -0.2) is 45.5 Å². The summed E-state index contributed by atoms with van der Waals surface area (Å²) in [5.41, 5.74) is 0.844. The van der Waals surface area contributed by atoms with Gasteiger partial charge in [0.2, 0.25) is 0 Å². The third-order valence-corrected chi connectivity index (χ3v) is 4.11. The summed E-state index contributed by atoms with van der Waals surface area (Å²) in [6.07, 6.45) is 5.99. The molecule has 1 amide bonds. The summed E-state index contributed by atoms with van der Waals surface area (Å²) in [6, 6.07) is 3.58. The maximum Gasteiger partial charge on any atom is 0.289 e. The molecule has 116 valence electrons. The van der Waals surface area contributed by atoms with Crippen molar-refractivity contribution in [3.05, 3.63) is 36.0 Å². The maximum absolute atomic E-state index is 12.0. The van der Waals surface area contributed by atoms with E-state index in [-0.39, 0.29) is 11.9 Å². The van der Waals surface area contributed by atoms with Crippen molar-refractivity contribution in [2.45, 2.75) is 25.5 Å². The third-order valence-electron chi connectivity index (χ3n) is 4.11. The molecule has 22 heavy (non-hydrogen) atoms. The van der Waals surface area contributed by atoms with Gasteiger partial charge in [-0.2, -0.15) is 0 Å². The van der Waals surface area contributed by atoms with Crippen molar-refractivity contribution in [3.63, 3.8) is 0 Å². The molecule has 3 heterocycles. The number of hydrogen-bond donors (Lipinski definition) is 0. The molecule has 1 aliphatic carbocycles. The highest BCUT2D eigenvalue weighted by atomic mass is 16.5. The zero-order valence-electron chi connectivity index (χ0n) is 12.2. The molecule has 1 saturated carbocycles. The SMILES string of the molecule is O=C(c1ccco1)N1CC(n2cc(COCC3CC3)nn2)C1. The number of amides is 1. The number of nitrogens with zero attached hydrogens (tertiary/aromatic N) is 4. The van der Waals surface area contributed by atoms with Gasteiger partial charge in [0, 0.05) is 19.7 Å². The highest BCUT2D eigenvalue weighted by Crippen LogP contribution is 2.29. The second-order valence-corrected chi connectivity index (χ2v) is 5.99. The second-order valence-electron chi connectivity index (χ2n) is 5.99. The fraction of sp³-hybridized carbons (Fsp3) is 0.533. The summed E-state index contributed by atoms with van der Waals surface area (Å²) in [5, 5.41) is 8.26.